The van der Waals surface area contributed by atoms with Crippen molar-refractivity contribution < 1.29 is 13.9 Å². The number of furan rings is 1. The second-order valence-corrected chi connectivity index (χ2v) is 5.26. The van der Waals surface area contributed by atoms with Gasteiger partial charge in [0.15, 0.2) is 4.67 Å². The molecule has 1 aliphatic rings. The van der Waals surface area contributed by atoms with E-state index in [1.54, 1.807) is 11.9 Å². The fraction of sp³-hybridized carbons (Fsp3) is 0.583. The Morgan fingerprint density at radius 2 is 2.44 bits per heavy atom. The van der Waals surface area contributed by atoms with Gasteiger partial charge < -0.3 is 19.4 Å². The molecular formula is C12H17BrN2O3. The Bertz CT molecular complexity index is 402. The zero-order valence-electron chi connectivity index (χ0n) is 10.3. The van der Waals surface area contributed by atoms with Gasteiger partial charge in [-0.3, -0.25) is 0 Å². The fourth-order valence-corrected chi connectivity index (χ4v) is 2.19. The highest BCUT2D eigenvalue weighted by Gasteiger charge is 2.17. The minimum Gasteiger partial charge on any atom is -0.452 e. The van der Waals surface area contributed by atoms with Crippen molar-refractivity contribution in [3.63, 3.8) is 0 Å². The molecule has 2 amide bonds. The summed E-state index contributed by atoms with van der Waals surface area (Å²) in [6, 6.07) is 3.57. The zero-order valence-corrected chi connectivity index (χ0v) is 11.9. The molecule has 1 atom stereocenters. The first-order valence-electron chi connectivity index (χ1n) is 5.96. The monoisotopic (exact) mass is 316 g/mol. The van der Waals surface area contributed by atoms with E-state index in [9.17, 15) is 4.79 Å². The van der Waals surface area contributed by atoms with Crippen LogP contribution in [0.5, 0.6) is 0 Å². The van der Waals surface area contributed by atoms with Gasteiger partial charge in [-0.15, -0.1) is 0 Å². The average Bonchev–Trinajstić information content (AvgIpc) is 2.97. The Kier molecular flexibility index (Phi) is 4.66. The van der Waals surface area contributed by atoms with E-state index in [2.05, 4.69) is 21.2 Å². The van der Waals surface area contributed by atoms with Gasteiger partial charge >= 0.3 is 6.03 Å². The van der Waals surface area contributed by atoms with Crippen LogP contribution in [-0.2, 0) is 11.3 Å². The van der Waals surface area contributed by atoms with E-state index < -0.39 is 0 Å². The van der Waals surface area contributed by atoms with Gasteiger partial charge in [-0.25, -0.2) is 4.79 Å². The summed E-state index contributed by atoms with van der Waals surface area (Å²) >= 11 is 3.23. The Balaban J connectivity index is 1.74. The number of amides is 2. The number of rotatable bonds is 4. The zero-order chi connectivity index (χ0) is 13.0. The maximum absolute atomic E-state index is 11.8. The SMILES string of the molecule is CN(Cc1ccc(Br)o1)C(=O)NC[C@@H]1CCOC1. The lowest BCUT2D eigenvalue weighted by atomic mass is 10.1. The van der Waals surface area contributed by atoms with Crippen molar-refractivity contribution in [2.45, 2.75) is 13.0 Å². The topological polar surface area (TPSA) is 54.7 Å². The third-order valence-electron chi connectivity index (χ3n) is 2.93. The molecule has 0 radical (unpaired) electrons. The van der Waals surface area contributed by atoms with Crippen LogP contribution in [0.15, 0.2) is 21.2 Å². The molecule has 1 aliphatic heterocycles. The van der Waals surface area contributed by atoms with Gasteiger partial charge in [-0.2, -0.15) is 0 Å². The molecule has 6 heteroatoms. The van der Waals surface area contributed by atoms with Crippen LogP contribution in [0.2, 0.25) is 0 Å². The Hall–Kier alpha value is -1.01. The fourth-order valence-electron chi connectivity index (χ4n) is 1.85. The summed E-state index contributed by atoms with van der Waals surface area (Å²) in [7, 11) is 1.75. The van der Waals surface area contributed by atoms with E-state index in [0.717, 1.165) is 25.4 Å². The number of hydrogen-bond donors (Lipinski definition) is 1. The van der Waals surface area contributed by atoms with Gasteiger partial charge in [-0.05, 0) is 34.5 Å². The molecule has 0 spiro atoms. The Labute approximate surface area is 115 Å². The van der Waals surface area contributed by atoms with Gasteiger partial charge in [0, 0.05) is 26.1 Å². The van der Waals surface area contributed by atoms with Gasteiger partial charge in [0.05, 0.1) is 13.2 Å². The van der Waals surface area contributed by atoms with Gasteiger partial charge in [0.25, 0.3) is 0 Å². The van der Waals surface area contributed by atoms with Crippen molar-refractivity contribution in [3.05, 3.63) is 22.6 Å². The molecule has 5 nitrogen and oxygen atoms in total. The van der Waals surface area contributed by atoms with Gasteiger partial charge in [0.1, 0.15) is 5.76 Å². The third-order valence-corrected chi connectivity index (χ3v) is 3.36. The second kappa shape index (κ2) is 6.24. The summed E-state index contributed by atoms with van der Waals surface area (Å²) in [5, 5.41) is 2.91. The van der Waals surface area contributed by atoms with Crippen molar-refractivity contribution >= 4 is 22.0 Å². The first kappa shape index (κ1) is 13.4. The molecule has 0 aromatic carbocycles. The lowest BCUT2D eigenvalue weighted by molar-refractivity contribution is 0.181. The quantitative estimate of drug-likeness (QED) is 0.926. The number of carbonyl (C=O) groups is 1. The molecule has 1 N–H and O–H groups in total. The summed E-state index contributed by atoms with van der Waals surface area (Å²) in [5.41, 5.74) is 0. The molecule has 2 heterocycles. The normalized spacial score (nSPS) is 18.9. The summed E-state index contributed by atoms with van der Waals surface area (Å²) in [6.07, 6.45) is 1.02. The van der Waals surface area contributed by atoms with Crippen LogP contribution < -0.4 is 5.32 Å². The maximum Gasteiger partial charge on any atom is 0.317 e. The van der Waals surface area contributed by atoms with Crippen LogP contribution in [0, 0.1) is 5.92 Å². The molecule has 2 rings (SSSR count). The minimum absolute atomic E-state index is 0.0885. The third kappa shape index (κ3) is 3.74. The second-order valence-electron chi connectivity index (χ2n) is 4.48. The molecule has 0 unspecified atom stereocenters. The van der Waals surface area contributed by atoms with E-state index in [4.69, 9.17) is 9.15 Å². The number of nitrogens with one attached hydrogen (secondary N) is 1. The molecule has 1 aromatic rings. The van der Waals surface area contributed by atoms with Crippen molar-refractivity contribution in [3.8, 4) is 0 Å². The van der Waals surface area contributed by atoms with Crippen molar-refractivity contribution in [1.29, 1.82) is 0 Å². The van der Waals surface area contributed by atoms with Crippen LogP contribution in [0.4, 0.5) is 4.79 Å². The Morgan fingerprint density at radius 3 is 3.06 bits per heavy atom. The van der Waals surface area contributed by atoms with E-state index in [1.165, 1.54) is 0 Å². The number of nitrogens with zero attached hydrogens (tertiary/aromatic N) is 1. The summed E-state index contributed by atoms with van der Waals surface area (Å²) in [5.74, 6) is 1.20. The number of carbonyl (C=O) groups excluding carboxylic acids is 1. The molecule has 1 saturated heterocycles. The number of urea groups is 1. The number of ether oxygens (including phenoxy) is 1. The van der Waals surface area contributed by atoms with Gasteiger partial charge in [0.2, 0.25) is 0 Å². The number of hydrogen-bond acceptors (Lipinski definition) is 3. The predicted molar refractivity (Wildman–Crippen MR) is 70.2 cm³/mol. The standard InChI is InChI=1S/C12H17BrN2O3/c1-15(7-10-2-3-11(13)18-10)12(16)14-6-9-4-5-17-8-9/h2-3,9H,4-8H2,1H3,(H,14,16)/t9-/m0/s1. The maximum atomic E-state index is 11.8. The highest BCUT2D eigenvalue weighted by molar-refractivity contribution is 9.10. The highest BCUT2D eigenvalue weighted by atomic mass is 79.9. The Morgan fingerprint density at radius 1 is 1.61 bits per heavy atom. The number of halogens is 1. The van der Waals surface area contributed by atoms with Crippen LogP contribution in [-0.4, -0.2) is 37.7 Å². The summed E-state index contributed by atoms with van der Waals surface area (Å²) < 4.78 is 11.3. The first-order valence-corrected chi connectivity index (χ1v) is 6.75. The van der Waals surface area contributed by atoms with Crippen molar-refractivity contribution in [1.82, 2.24) is 10.2 Å². The van der Waals surface area contributed by atoms with Crippen LogP contribution in [0.1, 0.15) is 12.2 Å². The molecular weight excluding hydrogens is 300 g/mol. The van der Waals surface area contributed by atoms with Crippen molar-refractivity contribution in [2.24, 2.45) is 5.92 Å². The average molecular weight is 317 g/mol. The lowest BCUT2D eigenvalue weighted by Gasteiger charge is -2.18. The minimum atomic E-state index is -0.0885. The largest absolute Gasteiger partial charge is 0.452 e. The predicted octanol–water partition coefficient (Wildman–Crippen LogP) is 2.22. The summed E-state index contributed by atoms with van der Waals surface area (Å²) in [6.45, 7) is 2.68. The first-order chi connectivity index (χ1) is 8.65. The van der Waals surface area contributed by atoms with E-state index >= 15 is 0 Å². The van der Waals surface area contributed by atoms with E-state index in [-0.39, 0.29) is 6.03 Å². The molecule has 0 bridgehead atoms. The molecule has 1 aromatic heterocycles. The molecule has 18 heavy (non-hydrogen) atoms. The van der Waals surface area contributed by atoms with Crippen LogP contribution in [0.25, 0.3) is 0 Å². The smallest absolute Gasteiger partial charge is 0.317 e. The summed E-state index contributed by atoms with van der Waals surface area (Å²) in [4.78, 5) is 13.4. The molecule has 0 saturated carbocycles. The van der Waals surface area contributed by atoms with Crippen LogP contribution in [0.3, 0.4) is 0 Å². The molecule has 1 fully saturated rings. The van der Waals surface area contributed by atoms with E-state index in [1.807, 2.05) is 12.1 Å². The molecule has 100 valence electrons. The highest BCUT2D eigenvalue weighted by Crippen LogP contribution is 2.15. The lowest BCUT2D eigenvalue weighted by Crippen LogP contribution is -2.39. The van der Waals surface area contributed by atoms with Crippen molar-refractivity contribution in [2.75, 3.05) is 26.8 Å². The van der Waals surface area contributed by atoms with Crippen LogP contribution >= 0.6 is 15.9 Å². The van der Waals surface area contributed by atoms with Gasteiger partial charge in [-0.1, -0.05) is 0 Å². The van der Waals surface area contributed by atoms with E-state index in [0.29, 0.717) is 23.7 Å². The molecule has 0 aliphatic carbocycles.